The lowest BCUT2D eigenvalue weighted by Gasteiger charge is -2.28. The molecule has 0 unspecified atom stereocenters. The number of hydrogen-bond acceptors (Lipinski definition) is 15. The fourth-order valence-electron chi connectivity index (χ4n) is 7.15. The van der Waals surface area contributed by atoms with E-state index in [-0.39, 0.29) is 25.0 Å². The van der Waals surface area contributed by atoms with E-state index in [1.54, 1.807) is 0 Å². The average Bonchev–Trinajstić information content (AvgIpc) is 3.78. The third-order valence-electron chi connectivity index (χ3n) is 10.6. The molecule has 0 saturated heterocycles. The zero-order valence-corrected chi connectivity index (χ0v) is 40.2. The Hall–Kier alpha value is -5.75. The molecule has 71 heavy (non-hydrogen) atoms. The van der Waals surface area contributed by atoms with E-state index < -0.39 is 24.3 Å². The van der Waals surface area contributed by atoms with Crippen LogP contribution in [0.5, 0.6) is 0 Å². The van der Waals surface area contributed by atoms with Crippen molar-refractivity contribution >= 4 is 29.4 Å². The molecule has 0 radical (unpaired) electrons. The Bertz CT molecular complexity index is 2180. The van der Waals surface area contributed by atoms with Crippen LogP contribution in [0.4, 0.5) is 10.1 Å². The highest BCUT2D eigenvalue weighted by Crippen LogP contribution is 2.41. The highest BCUT2D eigenvalue weighted by molar-refractivity contribution is 6.00. The average molecular weight is 994 g/mol. The molecule has 0 atom stereocenters. The molecule has 3 amide bonds. The maximum absolute atomic E-state index is 13.9. The molecule has 0 fully saturated rings. The summed E-state index contributed by atoms with van der Waals surface area (Å²) >= 11 is 0. The van der Waals surface area contributed by atoms with Crippen molar-refractivity contribution < 1.29 is 71.3 Å². The number of carboxylic acid groups (broad SMARTS) is 1. The minimum atomic E-state index is -1.13. The molecule has 21 heteroatoms. The molecule has 4 aromatic rings. The van der Waals surface area contributed by atoms with E-state index in [2.05, 4.69) is 25.7 Å². The standard InChI is InChI=1S/C50H67FN6O14/c51-41-15-13-39(14-16-41)50(62)53-17-7-1-2-12-46(59)56-36-40-8-3-4-9-42(40)49-48(43-10-5-6-11-44(43)56)54-55-57(49)19-21-64-23-25-66-27-29-68-31-33-70-35-34-69-32-30-67-28-26-65-24-22-63-20-18-52-45(58)37-71-38-47(60)61/h3-6,8-11,13-16H,1-2,7,12,17-38H2,(H,52,58)(H,53,62)(H,60,61)/i51-1. The number of fused-ring (bicyclic) bond motifs is 5. The van der Waals surface area contributed by atoms with Gasteiger partial charge in [0.15, 0.2) is 0 Å². The zero-order chi connectivity index (χ0) is 50.1. The number of halogens is 1. The minimum absolute atomic E-state index is 0.000459. The van der Waals surface area contributed by atoms with Crippen LogP contribution in [-0.4, -0.2) is 176 Å². The molecule has 20 nitrogen and oxygen atoms in total. The largest absolute Gasteiger partial charge is 0.480 e. The highest BCUT2D eigenvalue weighted by atomic mass is 18.2. The van der Waals surface area contributed by atoms with Crippen molar-refractivity contribution in [2.24, 2.45) is 0 Å². The first-order valence-corrected chi connectivity index (χ1v) is 23.9. The number of para-hydroxylation sites is 1. The number of aromatic nitrogens is 3. The number of unbranched alkanes of at least 4 members (excludes halogenated alkanes) is 2. The van der Waals surface area contributed by atoms with Gasteiger partial charge in [0.2, 0.25) is 11.8 Å². The Balaban J connectivity index is 0.861. The number of benzene rings is 3. The first-order valence-electron chi connectivity index (χ1n) is 23.9. The molecule has 5 rings (SSSR count). The number of carboxylic acids is 1. The predicted molar refractivity (Wildman–Crippen MR) is 257 cm³/mol. The second-order valence-electron chi connectivity index (χ2n) is 15.9. The second-order valence-corrected chi connectivity index (χ2v) is 15.9. The summed E-state index contributed by atoms with van der Waals surface area (Å²) in [6, 6.07) is 21.2. The summed E-state index contributed by atoms with van der Waals surface area (Å²) in [4.78, 5) is 49.9. The van der Waals surface area contributed by atoms with Gasteiger partial charge in [-0.1, -0.05) is 54.1 Å². The Labute approximate surface area is 413 Å². The number of amides is 3. The molecule has 0 aliphatic carbocycles. The molecule has 0 saturated carbocycles. The second kappa shape index (κ2) is 33.8. The summed E-state index contributed by atoms with van der Waals surface area (Å²) in [5.74, 6) is -2.18. The van der Waals surface area contributed by atoms with Gasteiger partial charge in [0.05, 0.1) is 130 Å². The molecule has 1 aliphatic rings. The summed E-state index contributed by atoms with van der Waals surface area (Å²) in [6.45, 7) is 7.33. The van der Waals surface area contributed by atoms with E-state index in [9.17, 15) is 23.6 Å². The smallest absolute Gasteiger partial charge is 0.329 e. The number of rotatable bonds is 38. The van der Waals surface area contributed by atoms with Gasteiger partial charge in [-0.25, -0.2) is 13.9 Å². The van der Waals surface area contributed by atoms with E-state index in [4.69, 9.17) is 43.0 Å². The van der Waals surface area contributed by atoms with Crippen LogP contribution in [0.1, 0.15) is 41.6 Å². The molecule has 1 aliphatic heterocycles. The number of nitrogens with one attached hydrogen (secondary N) is 2. The van der Waals surface area contributed by atoms with Crippen LogP contribution in [0.15, 0.2) is 72.8 Å². The molecule has 0 bridgehead atoms. The van der Waals surface area contributed by atoms with Crippen molar-refractivity contribution in [1.29, 1.82) is 0 Å². The van der Waals surface area contributed by atoms with Gasteiger partial charge in [0, 0.05) is 36.2 Å². The van der Waals surface area contributed by atoms with E-state index in [1.165, 1.54) is 24.3 Å². The molecule has 3 N–H and O–H groups in total. The number of hydrogen-bond donors (Lipinski definition) is 3. The Morgan fingerprint density at radius 1 is 0.577 bits per heavy atom. The van der Waals surface area contributed by atoms with Crippen molar-refractivity contribution in [2.75, 3.05) is 137 Å². The van der Waals surface area contributed by atoms with Crippen molar-refractivity contribution in [3.8, 4) is 22.5 Å². The third kappa shape index (κ3) is 21.2. The molecule has 2 heterocycles. The van der Waals surface area contributed by atoms with Gasteiger partial charge in [-0.3, -0.25) is 14.4 Å². The van der Waals surface area contributed by atoms with E-state index in [0.29, 0.717) is 156 Å². The first kappa shape index (κ1) is 56.2. The Kier molecular flexibility index (Phi) is 26.7. The fraction of sp³-hybridized carbons (Fsp3) is 0.520. The van der Waals surface area contributed by atoms with Crippen LogP contribution in [0.2, 0.25) is 0 Å². The highest BCUT2D eigenvalue weighted by Gasteiger charge is 2.29. The molecule has 0 spiro atoms. The number of carbonyl (C=O) groups excluding carboxylic acids is 3. The number of carbonyl (C=O) groups is 4. The monoisotopic (exact) mass is 993 g/mol. The zero-order valence-electron chi connectivity index (χ0n) is 40.2. The van der Waals surface area contributed by atoms with Gasteiger partial charge in [-0.05, 0) is 48.7 Å². The summed E-state index contributed by atoms with van der Waals surface area (Å²) in [5, 5.41) is 23.1. The van der Waals surface area contributed by atoms with Gasteiger partial charge < -0.3 is 63.3 Å². The number of anilines is 1. The van der Waals surface area contributed by atoms with Crippen LogP contribution < -0.4 is 15.5 Å². The van der Waals surface area contributed by atoms with Gasteiger partial charge in [0.1, 0.15) is 24.7 Å². The van der Waals surface area contributed by atoms with Gasteiger partial charge in [-0.15, -0.1) is 5.10 Å². The van der Waals surface area contributed by atoms with Crippen LogP contribution in [0.25, 0.3) is 22.5 Å². The van der Waals surface area contributed by atoms with Gasteiger partial charge in [-0.2, -0.15) is 0 Å². The van der Waals surface area contributed by atoms with Gasteiger partial charge in [0.25, 0.3) is 5.91 Å². The number of aliphatic carboxylic acids is 1. The lowest BCUT2D eigenvalue weighted by Crippen LogP contribution is -2.31. The summed E-state index contributed by atoms with van der Waals surface area (Å²) in [7, 11) is 0. The molecule has 1 aromatic heterocycles. The van der Waals surface area contributed by atoms with E-state index in [1.807, 2.05) is 58.1 Å². The minimum Gasteiger partial charge on any atom is -0.480 e. The van der Waals surface area contributed by atoms with Crippen LogP contribution in [0, 0.1) is 5.82 Å². The predicted octanol–water partition coefficient (Wildman–Crippen LogP) is 3.94. The number of ether oxygens (including phenoxy) is 9. The lowest BCUT2D eigenvalue weighted by atomic mass is 9.95. The first-order chi connectivity index (χ1) is 34.8. The van der Waals surface area contributed by atoms with Gasteiger partial charge >= 0.3 is 5.97 Å². The van der Waals surface area contributed by atoms with Crippen molar-refractivity contribution in [2.45, 2.75) is 38.8 Å². The van der Waals surface area contributed by atoms with Crippen LogP contribution >= 0.6 is 0 Å². The Morgan fingerprint density at radius 3 is 1.73 bits per heavy atom. The molecule has 3 aromatic carbocycles. The fourth-order valence-corrected chi connectivity index (χ4v) is 7.15. The summed E-state index contributed by atoms with van der Waals surface area (Å²) < 4.78 is 64.2. The van der Waals surface area contributed by atoms with E-state index >= 15 is 0 Å². The SMILES string of the molecule is O=C(O)COCC(=O)NCCOCCOCCOCCOCCOCCOCCOCCOCCn1nnc2c1-c1ccccc1CN(C(=O)CCCCCNC(=O)c1ccc([18F])cc1)c1ccccc1-2. The van der Waals surface area contributed by atoms with E-state index in [0.717, 1.165) is 34.5 Å². The topological polar surface area (TPSA) is 230 Å². The third-order valence-corrected chi connectivity index (χ3v) is 10.6. The van der Waals surface area contributed by atoms with Crippen molar-refractivity contribution in [3.05, 3.63) is 89.7 Å². The molecule has 388 valence electrons. The lowest BCUT2D eigenvalue weighted by molar-refractivity contribution is -0.143. The summed E-state index contributed by atoms with van der Waals surface area (Å²) in [5.41, 5.74) is 5.48. The summed E-state index contributed by atoms with van der Waals surface area (Å²) in [6.07, 6.45) is 2.47. The maximum atomic E-state index is 13.9. The van der Waals surface area contributed by atoms with Crippen LogP contribution in [-0.2, 0) is 70.1 Å². The molecular formula is C50H67FN6O14. The number of nitrogens with zero attached hydrogens (tertiary/aromatic N) is 4. The van der Waals surface area contributed by atoms with Crippen molar-refractivity contribution in [3.63, 3.8) is 0 Å². The molecular weight excluding hydrogens is 927 g/mol. The van der Waals surface area contributed by atoms with Crippen LogP contribution in [0.3, 0.4) is 0 Å². The van der Waals surface area contributed by atoms with Crippen molar-refractivity contribution in [1.82, 2.24) is 25.6 Å². The quantitative estimate of drug-likeness (QED) is 0.0541. The normalized spacial score (nSPS) is 11.9. The Morgan fingerprint density at radius 2 is 1.13 bits per heavy atom. The maximum Gasteiger partial charge on any atom is 0.329 e.